The lowest BCUT2D eigenvalue weighted by Crippen LogP contribution is -2.55. The van der Waals surface area contributed by atoms with Crippen LogP contribution < -0.4 is 4.74 Å². The summed E-state index contributed by atoms with van der Waals surface area (Å²) in [6, 6.07) is 3.26. The van der Waals surface area contributed by atoms with E-state index in [4.69, 9.17) is 14.2 Å². The number of benzene rings is 1. The maximum atomic E-state index is 13.6. The second-order valence-corrected chi connectivity index (χ2v) is 8.72. The molecule has 34 heavy (non-hydrogen) atoms. The van der Waals surface area contributed by atoms with E-state index in [1.54, 1.807) is 11.8 Å². The zero-order chi connectivity index (χ0) is 24.7. The van der Waals surface area contributed by atoms with E-state index < -0.39 is 17.2 Å². The maximum absolute atomic E-state index is 13.6. The molecule has 2 heterocycles. The van der Waals surface area contributed by atoms with E-state index in [2.05, 4.69) is 4.90 Å². The number of carbonyl (C=O) groups is 2. The van der Waals surface area contributed by atoms with Gasteiger partial charge >= 0.3 is 6.09 Å². The summed E-state index contributed by atoms with van der Waals surface area (Å²) < 4.78 is 42.5. The first-order valence-electron chi connectivity index (χ1n) is 11.5. The number of ether oxygens (including phenoxy) is 3. The molecule has 2 fully saturated rings. The number of nitrogens with zero attached hydrogens (tertiary/aromatic N) is 3. The lowest BCUT2D eigenvalue weighted by atomic mass is 9.99. The molecule has 0 aromatic heterocycles. The smallest absolute Gasteiger partial charge is 0.409 e. The summed E-state index contributed by atoms with van der Waals surface area (Å²) in [5.41, 5.74) is -1.46. The third kappa shape index (κ3) is 6.77. The molecular weight excluding hydrogens is 452 g/mol. The van der Waals surface area contributed by atoms with Gasteiger partial charge in [-0.1, -0.05) is 0 Å². The van der Waals surface area contributed by atoms with Gasteiger partial charge in [0.25, 0.3) is 0 Å². The highest BCUT2D eigenvalue weighted by Crippen LogP contribution is 2.24. The van der Waals surface area contributed by atoms with E-state index in [9.17, 15) is 23.5 Å². The number of β-amino-alcohol motifs (C(OH)–C–C–N with tert-alkyl or cyclic N) is 1. The molecule has 9 nitrogen and oxygen atoms in total. The summed E-state index contributed by atoms with van der Waals surface area (Å²) in [4.78, 5) is 29.9. The SMILES string of the molecule is CCOC(=O)N1CCC(N2CCN(C(=O)COC)C[C@](O)(COc3ccc(F)c(F)c3)C2)CC1. The third-order valence-electron chi connectivity index (χ3n) is 6.17. The summed E-state index contributed by atoms with van der Waals surface area (Å²) in [7, 11) is 1.43. The fourth-order valence-corrected chi connectivity index (χ4v) is 4.43. The van der Waals surface area contributed by atoms with E-state index >= 15 is 0 Å². The van der Waals surface area contributed by atoms with Gasteiger partial charge < -0.3 is 29.1 Å². The number of hydrogen-bond donors (Lipinski definition) is 1. The van der Waals surface area contributed by atoms with Gasteiger partial charge in [0, 0.05) is 51.9 Å². The van der Waals surface area contributed by atoms with Crippen LogP contribution in [-0.2, 0) is 14.3 Å². The number of piperidine rings is 1. The minimum absolute atomic E-state index is 0.0110. The lowest BCUT2D eigenvalue weighted by Gasteiger charge is -2.40. The van der Waals surface area contributed by atoms with Gasteiger partial charge in [-0.25, -0.2) is 13.6 Å². The van der Waals surface area contributed by atoms with Crippen molar-refractivity contribution in [3.8, 4) is 5.75 Å². The Labute approximate surface area is 198 Å². The first-order valence-corrected chi connectivity index (χ1v) is 11.5. The topological polar surface area (TPSA) is 91.8 Å². The molecule has 1 aromatic rings. The minimum Gasteiger partial charge on any atom is -0.490 e. The van der Waals surface area contributed by atoms with Crippen LogP contribution in [0.15, 0.2) is 18.2 Å². The fourth-order valence-electron chi connectivity index (χ4n) is 4.43. The van der Waals surface area contributed by atoms with Crippen molar-refractivity contribution in [3.05, 3.63) is 29.8 Å². The van der Waals surface area contributed by atoms with Gasteiger partial charge in [-0.15, -0.1) is 0 Å². The number of amides is 2. The number of rotatable bonds is 7. The molecule has 1 N–H and O–H groups in total. The van der Waals surface area contributed by atoms with Crippen LogP contribution in [0.1, 0.15) is 19.8 Å². The molecule has 0 bridgehead atoms. The standard InChI is InChI=1S/C23H33F2N3O6/c1-3-33-22(30)26-8-6-17(7-9-26)27-10-11-28(21(29)13-32-2)15-23(31,14-27)16-34-18-4-5-19(24)20(25)12-18/h4-5,12,17,31H,3,6-11,13-16H2,1-2H3/t23-/m0/s1. The molecule has 1 aromatic carbocycles. The fraction of sp³-hybridized carbons (Fsp3) is 0.652. The molecule has 0 spiro atoms. The summed E-state index contributed by atoms with van der Waals surface area (Å²) in [6.45, 7) is 4.00. The Morgan fingerprint density at radius 1 is 1.09 bits per heavy atom. The van der Waals surface area contributed by atoms with Gasteiger partial charge in [-0.2, -0.15) is 0 Å². The van der Waals surface area contributed by atoms with Crippen molar-refractivity contribution in [1.82, 2.24) is 14.7 Å². The Hall–Kier alpha value is -2.50. The molecule has 2 aliphatic rings. The molecule has 2 amide bonds. The molecule has 2 aliphatic heterocycles. The summed E-state index contributed by atoms with van der Waals surface area (Å²) in [6.07, 6.45) is 1.07. The summed E-state index contributed by atoms with van der Waals surface area (Å²) in [5, 5.41) is 11.5. The highest BCUT2D eigenvalue weighted by Gasteiger charge is 2.40. The van der Waals surface area contributed by atoms with Gasteiger partial charge in [-0.3, -0.25) is 9.69 Å². The average Bonchev–Trinajstić information content (AvgIpc) is 3.00. The van der Waals surface area contributed by atoms with Crippen LogP contribution in [0.2, 0.25) is 0 Å². The Balaban J connectivity index is 1.70. The predicted octanol–water partition coefficient (Wildman–Crippen LogP) is 1.49. The Morgan fingerprint density at radius 2 is 1.82 bits per heavy atom. The highest BCUT2D eigenvalue weighted by atomic mass is 19.2. The zero-order valence-corrected chi connectivity index (χ0v) is 19.7. The van der Waals surface area contributed by atoms with Crippen LogP contribution in [0, 0.1) is 11.6 Å². The third-order valence-corrected chi connectivity index (χ3v) is 6.17. The number of aliphatic hydroxyl groups is 1. The van der Waals surface area contributed by atoms with Crippen molar-refractivity contribution < 1.29 is 37.7 Å². The largest absolute Gasteiger partial charge is 0.490 e. The highest BCUT2D eigenvalue weighted by molar-refractivity contribution is 5.77. The van der Waals surface area contributed by atoms with Crippen LogP contribution >= 0.6 is 0 Å². The van der Waals surface area contributed by atoms with E-state index in [1.807, 2.05) is 0 Å². The van der Waals surface area contributed by atoms with Crippen molar-refractivity contribution in [3.63, 3.8) is 0 Å². The van der Waals surface area contributed by atoms with Crippen molar-refractivity contribution >= 4 is 12.0 Å². The summed E-state index contributed by atoms with van der Waals surface area (Å²) in [5.74, 6) is -2.21. The lowest BCUT2D eigenvalue weighted by molar-refractivity contribution is -0.138. The maximum Gasteiger partial charge on any atom is 0.409 e. The molecule has 0 radical (unpaired) electrons. The predicted molar refractivity (Wildman–Crippen MR) is 118 cm³/mol. The van der Waals surface area contributed by atoms with Gasteiger partial charge in [-0.05, 0) is 31.9 Å². The number of likely N-dealkylation sites (tertiary alicyclic amines) is 1. The molecule has 0 unspecified atom stereocenters. The molecule has 190 valence electrons. The molecule has 3 rings (SSSR count). The Kier molecular flexibility index (Phi) is 9.03. The van der Waals surface area contributed by atoms with E-state index in [0.717, 1.165) is 12.1 Å². The first kappa shape index (κ1) is 26.1. The van der Waals surface area contributed by atoms with Gasteiger partial charge in [0.15, 0.2) is 11.6 Å². The molecule has 1 atom stereocenters. The van der Waals surface area contributed by atoms with E-state index in [1.165, 1.54) is 18.1 Å². The minimum atomic E-state index is -1.46. The average molecular weight is 486 g/mol. The van der Waals surface area contributed by atoms with Crippen molar-refractivity contribution in [2.75, 3.05) is 66.2 Å². The van der Waals surface area contributed by atoms with E-state index in [-0.39, 0.29) is 50.1 Å². The van der Waals surface area contributed by atoms with Crippen LogP contribution in [0.5, 0.6) is 5.75 Å². The Bertz CT molecular complexity index is 852. The second-order valence-electron chi connectivity index (χ2n) is 8.72. The van der Waals surface area contributed by atoms with Crippen LogP contribution in [0.25, 0.3) is 0 Å². The molecule has 0 saturated carbocycles. The number of hydrogen-bond acceptors (Lipinski definition) is 7. The van der Waals surface area contributed by atoms with Gasteiger partial charge in [0.2, 0.25) is 5.91 Å². The van der Waals surface area contributed by atoms with Crippen LogP contribution in [-0.4, -0.2) is 110 Å². The van der Waals surface area contributed by atoms with Gasteiger partial charge in [0.05, 0.1) is 13.2 Å². The van der Waals surface area contributed by atoms with Crippen LogP contribution in [0.4, 0.5) is 13.6 Å². The second kappa shape index (κ2) is 11.8. The molecule has 2 saturated heterocycles. The monoisotopic (exact) mass is 485 g/mol. The first-order chi connectivity index (χ1) is 16.2. The quantitative estimate of drug-likeness (QED) is 0.626. The molecule has 0 aliphatic carbocycles. The zero-order valence-electron chi connectivity index (χ0n) is 19.7. The summed E-state index contributed by atoms with van der Waals surface area (Å²) >= 11 is 0. The van der Waals surface area contributed by atoms with Gasteiger partial charge in [0.1, 0.15) is 24.6 Å². The number of halogens is 2. The molecule has 11 heteroatoms. The normalized spacial score (nSPS) is 22.4. The van der Waals surface area contributed by atoms with E-state index in [0.29, 0.717) is 45.6 Å². The number of methoxy groups -OCH3 is 1. The van der Waals surface area contributed by atoms with Crippen molar-refractivity contribution in [2.45, 2.75) is 31.4 Å². The Morgan fingerprint density at radius 3 is 2.47 bits per heavy atom. The number of carbonyl (C=O) groups excluding carboxylic acids is 2. The van der Waals surface area contributed by atoms with Crippen LogP contribution in [0.3, 0.4) is 0 Å². The van der Waals surface area contributed by atoms with Crippen molar-refractivity contribution in [2.24, 2.45) is 0 Å². The van der Waals surface area contributed by atoms with Crippen molar-refractivity contribution in [1.29, 1.82) is 0 Å². The molecular formula is C23H33F2N3O6.